The van der Waals surface area contributed by atoms with Crippen molar-refractivity contribution in [3.8, 4) is 0 Å². The first kappa shape index (κ1) is 16.3. The molecule has 22 heavy (non-hydrogen) atoms. The van der Waals surface area contributed by atoms with E-state index in [0.717, 1.165) is 18.5 Å². The highest BCUT2D eigenvalue weighted by atomic mass is 16.6. The summed E-state index contributed by atoms with van der Waals surface area (Å²) in [7, 11) is 0. The molecule has 1 saturated carbocycles. The first-order valence-corrected chi connectivity index (χ1v) is 7.81. The highest BCUT2D eigenvalue weighted by Gasteiger charge is 2.57. The predicted molar refractivity (Wildman–Crippen MR) is 83.4 cm³/mol. The largest absolute Gasteiger partial charge is 0.465 e. The maximum atomic E-state index is 12.5. The van der Waals surface area contributed by atoms with Crippen LogP contribution in [0, 0.1) is 5.41 Å². The number of carbonyl (C=O) groups excluding carboxylic acids is 2. The molecule has 1 N–H and O–H groups in total. The van der Waals surface area contributed by atoms with Gasteiger partial charge in [0.15, 0.2) is 5.41 Å². The summed E-state index contributed by atoms with van der Waals surface area (Å²) in [4.78, 5) is 25.0. The highest BCUT2D eigenvalue weighted by molar-refractivity contribution is 6.02. The van der Waals surface area contributed by atoms with E-state index >= 15 is 0 Å². The fourth-order valence-corrected chi connectivity index (χ4v) is 3.03. The minimum atomic E-state index is -1.25. The quantitative estimate of drug-likeness (QED) is 0.646. The molecule has 0 amide bonds. The highest BCUT2D eigenvalue weighted by Crippen LogP contribution is 2.42. The van der Waals surface area contributed by atoms with Gasteiger partial charge in [-0.2, -0.15) is 0 Å². The molecule has 0 aliphatic heterocycles. The van der Waals surface area contributed by atoms with Crippen molar-refractivity contribution in [3.63, 3.8) is 0 Å². The van der Waals surface area contributed by atoms with Gasteiger partial charge in [-0.3, -0.25) is 9.59 Å². The molecule has 0 radical (unpaired) electrons. The van der Waals surface area contributed by atoms with Crippen molar-refractivity contribution in [1.82, 2.24) is 0 Å². The van der Waals surface area contributed by atoms with E-state index in [1.165, 1.54) is 0 Å². The molecule has 120 valence electrons. The van der Waals surface area contributed by atoms with Crippen LogP contribution in [0.5, 0.6) is 0 Å². The SMILES string of the molecule is CCOC(=O)C1(C(=O)OCC)CCCC1Nc1ccccc1. The number of rotatable bonds is 6. The Labute approximate surface area is 131 Å². The molecule has 1 unspecified atom stereocenters. The van der Waals surface area contributed by atoms with Crippen molar-refractivity contribution in [3.05, 3.63) is 30.3 Å². The molecule has 1 fully saturated rings. The van der Waals surface area contributed by atoms with Crippen LogP contribution in [-0.2, 0) is 19.1 Å². The Morgan fingerprint density at radius 2 is 1.73 bits per heavy atom. The number of ether oxygens (including phenoxy) is 2. The van der Waals surface area contributed by atoms with Gasteiger partial charge in [0.05, 0.1) is 19.3 Å². The summed E-state index contributed by atoms with van der Waals surface area (Å²) in [5.74, 6) is -0.973. The second-order valence-corrected chi connectivity index (χ2v) is 5.37. The maximum absolute atomic E-state index is 12.5. The van der Waals surface area contributed by atoms with Crippen LogP contribution >= 0.6 is 0 Å². The molecule has 0 spiro atoms. The summed E-state index contributed by atoms with van der Waals surface area (Å²) < 4.78 is 10.4. The van der Waals surface area contributed by atoms with Gasteiger partial charge in [0.25, 0.3) is 0 Å². The van der Waals surface area contributed by atoms with Crippen LogP contribution in [0.15, 0.2) is 30.3 Å². The van der Waals surface area contributed by atoms with Crippen LogP contribution in [0.1, 0.15) is 33.1 Å². The summed E-state index contributed by atoms with van der Waals surface area (Å²) in [5.41, 5.74) is -0.366. The van der Waals surface area contributed by atoms with Crippen LogP contribution in [-0.4, -0.2) is 31.2 Å². The zero-order valence-corrected chi connectivity index (χ0v) is 13.1. The molecule has 5 heteroatoms. The van der Waals surface area contributed by atoms with E-state index in [-0.39, 0.29) is 19.3 Å². The van der Waals surface area contributed by atoms with Gasteiger partial charge in [0.1, 0.15) is 0 Å². The number of anilines is 1. The van der Waals surface area contributed by atoms with E-state index in [0.29, 0.717) is 6.42 Å². The van der Waals surface area contributed by atoms with Crippen LogP contribution < -0.4 is 5.32 Å². The fraction of sp³-hybridized carbons (Fsp3) is 0.529. The topological polar surface area (TPSA) is 64.6 Å². The van der Waals surface area contributed by atoms with Gasteiger partial charge >= 0.3 is 11.9 Å². The Morgan fingerprint density at radius 1 is 1.14 bits per heavy atom. The third kappa shape index (κ3) is 3.08. The van der Waals surface area contributed by atoms with Crippen molar-refractivity contribution in [2.45, 2.75) is 39.2 Å². The molecular weight excluding hydrogens is 282 g/mol. The van der Waals surface area contributed by atoms with Gasteiger partial charge in [0.2, 0.25) is 0 Å². The van der Waals surface area contributed by atoms with Gasteiger partial charge in [0, 0.05) is 5.69 Å². The van der Waals surface area contributed by atoms with Crippen molar-refractivity contribution in [2.24, 2.45) is 5.41 Å². The molecule has 0 aromatic heterocycles. The lowest BCUT2D eigenvalue weighted by molar-refractivity contribution is -0.172. The maximum Gasteiger partial charge on any atom is 0.325 e. The standard InChI is InChI=1S/C17H23NO4/c1-3-21-15(19)17(16(20)22-4-2)12-8-11-14(17)18-13-9-6-5-7-10-13/h5-7,9-10,14,18H,3-4,8,11-12H2,1-2H3. The molecule has 0 bridgehead atoms. The van der Waals surface area contributed by atoms with E-state index < -0.39 is 17.4 Å². The summed E-state index contributed by atoms with van der Waals surface area (Å²) in [6.07, 6.45) is 1.96. The summed E-state index contributed by atoms with van der Waals surface area (Å²) >= 11 is 0. The first-order chi connectivity index (χ1) is 10.6. The molecule has 1 aromatic carbocycles. The lowest BCUT2D eigenvalue weighted by Crippen LogP contribution is -2.50. The number of esters is 2. The Hall–Kier alpha value is -2.04. The molecule has 0 saturated heterocycles. The zero-order chi connectivity index (χ0) is 16.0. The third-order valence-corrected chi connectivity index (χ3v) is 4.05. The minimum absolute atomic E-state index is 0.248. The normalized spacial score (nSPS) is 19.5. The predicted octanol–water partition coefficient (Wildman–Crippen LogP) is 2.76. The molecule has 0 heterocycles. The number of hydrogen-bond donors (Lipinski definition) is 1. The number of benzene rings is 1. The van der Waals surface area contributed by atoms with Gasteiger partial charge in [-0.15, -0.1) is 0 Å². The fourth-order valence-electron chi connectivity index (χ4n) is 3.03. The zero-order valence-electron chi connectivity index (χ0n) is 13.1. The number of hydrogen-bond acceptors (Lipinski definition) is 5. The smallest absolute Gasteiger partial charge is 0.325 e. The van der Waals surface area contributed by atoms with Gasteiger partial charge in [-0.05, 0) is 45.2 Å². The second kappa shape index (κ2) is 7.29. The van der Waals surface area contributed by atoms with Crippen LogP contribution in [0.4, 0.5) is 5.69 Å². The van der Waals surface area contributed by atoms with Gasteiger partial charge in [-0.25, -0.2) is 0 Å². The average molecular weight is 305 g/mol. The van der Waals surface area contributed by atoms with Crippen molar-refractivity contribution in [2.75, 3.05) is 18.5 Å². The van der Waals surface area contributed by atoms with Crippen molar-refractivity contribution in [1.29, 1.82) is 0 Å². The Bertz CT molecular complexity index is 497. The van der Waals surface area contributed by atoms with Crippen LogP contribution in [0.25, 0.3) is 0 Å². The number of nitrogens with one attached hydrogen (secondary N) is 1. The summed E-state index contributed by atoms with van der Waals surface area (Å²) in [5, 5.41) is 3.31. The average Bonchev–Trinajstić information content (AvgIpc) is 2.93. The Balaban J connectivity index is 2.29. The molecule has 1 atom stereocenters. The van der Waals surface area contributed by atoms with Crippen LogP contribution in [0.2, 0.25) is 0 Å². The molecule has 5 nitrogen and oxygen atoms in total. The molecule has 1 aliphatic rings. The Kier molecular flexibility index (Phi) is 5.41. The van der Waals surface area contributed by atoms with E-state index in [1.807, 2.05) is 30.3 Å². The number of carbonyl (C=O) groups is 2. The summed E-state index contributed by atoms with van der Waals surface area (Å²) in [6, 6.07) is 9.26. The monoisotopic (exact) mass is 305 g/mol. The first-order valence-electron chi connectivity index (χ1n) is 7.81. The van der Waals surface area contributed by atoms with E-state index in [9.17, 15) is 9.59 Å². The number of para-hydroxylation sites is 1. The van der Waals surface area contributed by atoms with E-state index in [4.69, 9.17) is 9.47 Å². The molecule has 1 aliphatic carbocycles. The van der Waals surface area contributed by atoms with Crippen molar-refractivity contribution >= 4 is 17.6 Å². The van der Waals surface area contributed by atoms with Crippen molar-refractivity contribution < 1.29 is 19.1 Å². The lowest BCUT2D eigenvalue weighted by Gasteiger charge is -2.31. The molecular formula is C17H23NO4. The summed E-state index contributed by atoms with van der Waals surface area (Å²) in [6.45, 7) is 3.98. The van der Waals surface area contributed by atoms with Gasteiger partial charge < -0.3 is 14.8 Å². The third-order valence-electron chi connectivity index (χ3n) is 4.05. The minimum Gasteiger partial charge on any atom is -0.465 e. The van der Waals surface area contributed by atoms with Gasteiger partial charge in [-0.1, -0.05) is 18.2 Å². The lowest BCUT2D eigenvalue weighted by atomic mass is 9.82. The van der Waals surface area contributed by atoms with E-state index in [2.05, 4.69) is 5.32 Å². The second-order valence-electron chi connectivity index (χ2n) is 5.37. The van der Waals surface area contributed by atoms with Crippen LogP contribution in [0.3, 0.4) is 0 Å². The molecule has 1 aromatic rings. The molecule has 2 rings (SSSR count). The van der Waals surface area contributed by atoms with E-state index in [1.54, 1.807) is 13.8 Å². The Morgan fingerprint density at radius 3 is 2.27 bits per heavy atom.